The minimum absolute atomic E-state index is 0.0250. The number of aryl methyl sites for hydroxylation is 1. The second kappa shape index (κ2) is 3.96. The Hall–Kier alpha value is -1.84. The minimum atomic E-state index is -0.780. The molecule has 0 saturated heterocycles. The lowest BCUT2D eigenvalue weighted by Crippen LogP contribution is -2.04. The molecule has 0 spiro atoms. The zero-order valence-electron chi connectivity index (χ0n) is 9.34. The number of imidazole rings is 1. The number of rotatable bonds is 3. The van der Waals surface area contributed by atoms with Crippen LogP contribution in [-0.4, -0.2) is 20.5 Å². The molecular formula is C12H14N2O2. The van der Waals surface area contributed by atoms with Crippen LogP contribution >= 0.6 is 0 Å². The van der Waals surface area contributed by atoms with Gasteiger partial charge in [-0.05, 0) is 24.5 Å². The van der Waals surface area contributed by atoms with Gasteiger partial charge >= 0.3 is 5.97 Å². The Balaban J connectivity index is 2.47. The van der Waals surface area contributed by atoms with Gasteiger partial charge in [-0.25, -0.2) is 4.98 Å². The van der Waals surface area contributed by atoms with E-state index in [0.29, 0.717) is 0 Å². The Bertz CT molecular complexity index is 531. The van der Waals surface area contributed by atoms with Crippen molar-refractivity contribution in [1.82, 2.24) is 9.38 Å². The highest BCUT2D eigenvalue weighted by molar-refractivity contribution is 5.68. The van der Waals surface area contributed by atoms with Crippen LogP contribution in [0, 0.1) is 6.92 Å². The van der Waals surface area contributed by atoms with Gasteiger partial charge in [0, 0.05) is 12.4 Å². The van der Waals surface area contributed by atoms with Gasteiger partial charge in [0.25, 0.3) is 0 Å². The van der Waals surface area contributed by atoms with Crippen LogP contribution in [0.3, 0.4) is 0 Å². The van der Waals surface area contributed by atoms with E-state index >= 15 is 0 Å². The van der Waals surface area contributed by atoms with Gasteiger partial charge in [0.05, 0.1) is 12.1 Å². The standard InChI is InChI=1S/C12H14N2O2/c1-8(6-11(15)16)10-4-3-5-14-7-9(2)13-12(10)14/h3-5,7-8H,6H2,1-2H3,(H,15,16). The summed E-state index contributed by atoms with van der Waals surface area (Å²) in [5.74, 6) is -0.805. The van der Waals surface area contributed by atoms with Gasteiger partial charge < -0.3 is 9.51 Å². The van der Waals surface area contributed by atoms with Crippen molar-refractivity contribution < 1.29 is 9.90 Å². The van der Waals surface area contributed by atoms with Crippen LogP contribution in [0.1, 0.15) is 30.5 Å². The first kappa shape index (κ1) is 10.7. The third-order valence-electron chi connectivity index (χ3n) is 2.65. The Kier molecular flexibility index (Phi) is 2.64. The molecule has 0 bridgehead atoms. The Labute approximate surface area is 93.5 Å². The summed E-state index contributed by atoms with van der Waals surface area (Å²) in [4.78, 5) is 15.1. The quantitative estimate of drug-likeness (QED) is 0.859. The second-order valence-corrected chi connectivity index (χ2v) is 4.08. The average molecular weight is 218 g/mol. The Morgan fingerprint density at radius 2 is 2.38 bits per heavy atom. The van der Waals surface area contributed by atoms with Crippen molar-refractivity contribution in [2.45, 2.75) is 26.2 Å². The third-order valence-corrected chi connectivity index (χ3v) is 2.65. The highest BCUT2D eigenvalue weighted by Crippen LogP contribution is 2.23. The Morgan fingerprint density at radius 3 is 3.06 bits per heavy atom. The number of hydrogen-bond donors (Lipinski definition) is 1. The predicted octanol–water partition coefficient (Wildman–Crippen LogP) is 2.22. The molecule has 0 aromatic carbocycles. The maximum atomic E-state index is 10.7. The summed E-state index contributed by atoms with van der Waals surface area (Å²) in [5.41, 5.74) is 2.78. The molecule has 0 radical (unpaired) electrons. The zero-order valence-corrected chi connectivity index (χ0v) is 9.34. The van der Waals surface area contributed by atoms with Crippen LogP contribution in [0.4, 0.5) is 0 Å². The lowest BCUT2D eigenvalue weighted by Gasteiger charge is -2.09. The molecule has 1 atom stereocenters. The maximum Gasteiger partial charge on any atom is 0.303 e. The van der Waals surface area contributed by atoms with Gasteiger partial charge in [-0.15, -0.1) is 0 Å². The summed E-state index contributed by atoms with van der Waals surface area (Å²) in [7, 11) is 0. The largest absolute Gasteiger partial charge is 0.481 e. The normalized spacial score (nSPS) is 12.9. The fourth-order valence-electron chi connectivity index (χ4n) is 1.91. The molecule has 4 nitrogen and oxygen atoms in total. The van der Waals surface area contributed by atoms with Crippen LogP contribution in [0.5, 0.6) is 0 Å². The molecule has 0 saturated carbocycles. The van der Waals surface area contributed by atoms with Gasteiger partial charge in [0.15, 0.2) is 0 Å². The van der Waals surface area contributed by atoms with Crippen molar-refractivity contribution in [3.8, 4) is 0 Å². The lowest BCUT2D eigenvalue weighted by molar-refractivity contribution is -0.137. The van der Waals surface area contributed by atoms with Gasteiger partial charge in [0.1, 0.15) is 5.65 Å². The number of carbonyl (C=O) groups is 1. The molecule has 0 amide bonds. The van der Waals surface area contributed by atoms with Crippen LogP contribution in [0.15, 0.2) is 24.5 Å². The number of carboxylic acid groups (broad SMARTS) is 1. The molecule has 1 unspecified atom stereocenters. The molecule has 0 aliphatic carbocycles. The van der Waals surface area contributed by atoms with E-state index in [4.69, 9.17) is 5.11 Å². The van der Waals surface area contributed by atoms with Crippen molar-refractivity contribution in [2.75, 3.05) is 0 Å². The van der Waals surface area contributed by atoms with Gasteiger partial charge in [-0.1, -0.05) is 13.0 Å². The van der Waals surface area contributed by atoms with Crippen molar-refractivity contribution >= 4 is 11.6 Å². The first-order valence-corrected chi connectivity index (χ1v) is 5.24. The third kappa shape index (κ3) is 1.91. The van der Waals surface area contributed by atoms with E-state index in [2.05, 4.69) is 4.98 Å². The lowest BCUT2D eigenvalue weighted by atomic mass is 9.99. The smallest absolute Gasteiger partial charge is 0.303 e. The predicted molar refractivity (Wildman–Crippen MR) is 60.6 cm³/mol. The number of fused-ring (bicyclic) bond motifs is 1. The summed E-state index contributed by atoms with van der Waals surface area (Å²) < 4.78 is 1.93. The number of pyridine rings is 1. The summed E-state index contributed by atoms with van der Waals surface area (Å²) >= 11 is 0. The molecule has 2 aromatic rings. The number of nitrogens with zero attached hydrogens (tertiary/aromatic N) is 2. The number of aromatic nitrogens is 2. The van der Waals surface area contributed by atoms with Crippen molar-refractivity contribution in [1.29, 1.82) is 0 Å². The first-order chi connectivity index (χ1) is 7.58. The van der Waals surface area contributed by atoms with Crippen molar-refractivity contribution in [3.05, 3.63) is 35.8 Å². The molecule has 2 rings (SSSR count). The van der Waals surface area contributed by atoms with Crippen LogP contribution in [-0.2, 0) is 4.79 Å². The number of carboxylic acids is 1. The topological polar surface area (TPSA) is 54.6 Å². The molecule has 1 N–H and O–H groups in total. The summed E-state index contributed by atoms with van der Waals surface area (Å²) in [6.45, 7) is 3.84. The maximum absolute atomic E-state index is 10.7. The van der Waals surface area contributed by atoms with E-state index in [9.17, 15) is 4.79 Å². The van der Waals surface area contributed by atoms with Crippen LogP contribution in [0.25, 0.3) is 5.65 Å². The van der Waals surface area contributed by atoms with Gasteiger partial charge in [0.2, 0.25) is 0 Å². The van der Waals surface area contributed by atoms with Gasteiger partial charge in [-0.2, -0.15) is 0 Å². The molecule has 16 heavy (non-hydrogen) atoms. The molecule has 0 fully saturated rings. The molecule has 0 aliphatic rings. The minimum Gasteiger partial charge on any atom is -0.481 e. The van der Waals surface area contributed by atoms with Crippen molar-refractivity contribution in [2.24, 2.45) is 0 Å². The SMILES string of the molecule is Cc1cn2cccc(C(C)CC(=O)O)c2n1. The number of aliphatic carboxylic acids is 1. The molecule has 0 aliphatic heterocycles. The molecule has 4 heteroatoms. The van der Waals surface area contributed by atoms with Crippen LogP contribution in [0.2, 0.25) is 0 Å². The van der Waals surface area contributed by atoms with Crippen LogP contribution < -0.4 is 0 Å². The summed E-state index contributed by atoms with van der Waals surface area (Å²) in [6, 6.07) is 3.86. The molecule has 84 valence electrons. The second-order valence-electron chi connectivity index (χ2n) is 4.08. The summed E-state index contributed by atoms with van der Waals surface area (Å²) in [6.07, 6.45) is 3.99. The van der Waals surface area contributed by atoms with E-state index in [-0.39, 0.29) is 12.3 Å². The first-order valence-electron chi connectivity index (χ1n) is 5.24. The van der Waals surface area contributed by atoms with E-state index in [1.807, 2.05) is 42.8 Å². The molecule has 2 aromatic heterocycles. The fourth-order valence-corrected chi connectivity index (χ4v) is 1.91. The Morgan fingerprint density at radius 1 is 1.62 bits per heavy atom. The van der Waals surface area contributed by atoms with Gasteiger partial charge in [-0.3, -0.25) is 4.79 Å². The highest BCUT2D eigenvalue weighted by Gasteiger charge is 2.14. The monoisotopic (exact) mass is 218 g/mol. The highest BCUT2D eigenvalue weighted by atomic mass is 16.4. The zero-order chi connectivity index (χ0) is 11.7. The van der Waals surface area contributed by atoms with E-state index in [1.165, 1.54) is 0 Å². The molecular weight excluding hydrogens is 204 g/mol. The van der Waals surface area contributed by atoms with E-state index in [1.54, 1.807) is 0 Å². The fraction of sp³-hybridized carbons (Fsp3) is 0.333. The number of hydrogen-bond acceptors (Lipinski definition) is 2. The van der Waals surface area contributed by atoms with E-state index in [0.717, 1.165) is 16.9 Å². The van der Waals surface area contributed by atoms with E-state index < -0.39 is 5.97 Å². The average Bonchev–Trinajstić information content (AvgIpc) is 2.55. The molecule has 2 heterocycles. The summed E-state index contributed by atoms with van der Waals surface area (Å²) in [5, 5.41) is 8.80. The van der Waals surface area contributed by atoms with Crippen molar-refractivity contribution in [3.63, 3.8) is 0 Å².